The van der Waals surface area contributed by atoms with Crippen molar-refractivity contribution in [2.75, 3.05) is 6.54 Å². The summed E-state index contributed by atoms with van der Waals surface area (Å²) in [7, 11) is 0. The predicted molar refractivity (Wildman–Crippen MR) is 66.5 cm³/mol. The molecule has 0 saturated carbocycles. The lowest BCUT2D eigenvalue weighted by molar-refractivity contribution is -0.138. The zero-order valence-corrected chi connectivity index (χ0v) is 10.8. The molecule has 0 fully saturated rings. The van der Waals surface area contributed by atoms with Crippen LogP contribution < -0.4 is 0 Å². The van der Waals surface area contributed by atoms with Crippen molar-refractivity contribution in [2.24, 2.45) is 0 Å². The van der Waals surface area contributed by atoms with E-state index in [9.17, 15) is 19.1 Å². The summed E-state index contributed by atoms with van der Waals surface area (Å²) < 4.78 is 13.1. The third-order valence-electron chi connectivity index (χ3n) is 2.79. The van der Waals surface area contributed by atoms with E-state index in [1.54, 1.807) is 13.8 Å². The van der Waals surface area contributed by atoms with Crippen LogP contribution in [0.5, 0.6) is 5.75 Å². The zero-order valence-electron chi connectivity index (χ0n) is 10.8. The number of benzene rings is 1. The number of rotatable bonds is 5. The summed E-state index contributed by atoms with van der Waals surface area (Å²) in [6, 6.07) is 2.53. The van der Waals surface area contributed by atoms with Gasteiger partial charge in [-0.15, -0.1) is 0 Å². The normalized spacial score (nSPS) is 11.9. The van der Waals surface area contributed by atoms with Gasteiger partial charge in [-0.25, -0.2) is 4.39 Å². The summed E-state index contributed by atoms with van der Waals surface area (Å²) in [4.78, 5) is 24.1. The van der Waals surface area contributed by atoms with E-state index in [-0.39, 0.29) is 24.3 Å². The molecule has 5 nitrogen and oxygen atoms in total. The van der Waals surface area contributed by atoms with Crippen molar-refractivity contribution in [1.82, 2.24) is 4.90 Å². The topological polar surface area (TPSA) is 77.8 Å². The lowest BCUT2D eigenvalue weighted by Gasteiger charge is -2.27. The van der Waals surface area contributed by atoms with E-state index in [1.165, 1.54) is 4.90 Å². The van der Waals surface area contributed by atoms with Crippen LogP contribution in [-0.4, -0.2) is 39.6 Å². The highest BCUT2D eigenvalue weighted by Crippen LogP contribution is 2.21. The molecule has 2 N–H and O–H groups in total. The van der Waals surface area contributed by atoms with Crippen molar-refractivity contribution in [2.45, 2.75) is 26.3 Å². The Morgan fingerprint density at radius 1 is 1.42 bits per heavy atom. The minimum atomic E-state index is -1.03. The molecule has 0 bridgehead atoms. The number of phenols is 1. The molecular formula is C13H16FNO4. The minimum Gasteiger partial charge on any atom is -0.507 e. The average molecular weight is 269 g/mol. The molecule has 1 unspecified atom stereocenters. The van der Waals surface area contributed by atoms with Crippen molar-refractivity contribution in [3.63, 3.8) is 0 Å². The van der Waals surface area contributed by atoms with E-state index in [1.807, 2.05) is 0 Å². The largest absolute Gasteiger partial charge is 0.507 e. The van der Waals surface area contributed by atoms with Crippen LogP contribution in [0, 0.1) is 5.82 Å². The molecule has 1 amide bonds. The fourth-order valence-corrected chi connectivity index (χ4v) is 1.85. The Kier molecular flexibility index (Phi) is 4.86. The lowest BCUT2D eigenvalue weighted by atomic mass is 10.1. The molecule has 1 aromatic rings. The molecule has 1 rings (SSSR count). The van der Waals surface area contributed by atoms with Crippen LogP contribution in [0.2, 0.25) is 0 Å². The number of nitrogens with zero attached hydrogens (tertiary/aromatic N) is 1. The van der Waals surface area contributed by atoms with Crippen LogP contribution in [0.3, 0.4) is 0 Å². The summed E-state index contributed by atoms with van der Waals surface area (Å²) in [5.41, 5.74) is -0.168. The number of phenolic OH excluding ortho intramolecular Hbond substituents is 1. The second-order valence-corrected chi connectivity index (χ2v) is 4.20. The second kappa shape index (κ2) is 6.17. The number of carboxylic acids is 1. The fraction of sp³-hybridized carbons (Fsp3) is 0.385. The number of carboxylic acid groups (broad SMARTS) is 1. The number of carbonyl (C=O) groups excluding carboxylic acids is 1. The maximum Gasteiger partial charge on any atom is 0.305 e. The van der Waals surface area contributed by atoms with E-state index >= 15 is 0 Å². The summed E-state index contributed by atoms with van der Waals surface area (Å²) >= 11 is 0. The van der Waals surface area contributed by atoms with E-state index in [0.29, 0.717) is 0 Å². The van der Waals surface area contributed by atoms with Crippen LogP contribution in [0.25, 0.3) is 0 Å². The zero-order chi connectivity index (χ0) is 14.6. The summed E-state index contributed by atoms with van der Waals surface area (Å²) in [6.07, 6.45) is -0.213. The van der Waals surface area contributed by atoms with Crippen LogP contribution in [-0.2, 0) is 4.79 Å². The van der Waals surface area contributed by atoms with Gasteiger partial charge in [0.15, 0.2) is 0 Å². The van der Waals surface area contributed by atoms with Gasteiger partial charge in [-0.1, -0.05) is 0 Å². The maximum atomic E-state index is 13.1. The number of hydrogen-bond acceptors (Lipinski definition) is 3. The highest BCUT2D eigenvalue weighted by molar-refractivity contribution is 5.97. The van der Waals surface area contributed by atoms with Crippen molar-refractivity contribution in [1.29, 1.82) is 0 Å². The first-order chi connectivity index (χ1) is 8.86. The second-order valence-electron chi connectivity index (χ2n) is 4.20. The molecule has 6 heteroatoms. The first kappa shape index (κ1) is 14.9. The molecule has 1 aromatic carbocycles. The van der Waals surface area contributed by atoms with Crippen LogP contribution in [0.15, 0.2) is 18.2 Å². The lowest BCUT2D eigenvalue weighted by Crippen LogP contribution is -2.39. The van der Waals surface area contributed by atoms with Crippen molar-refractivity contribution in [3.8, 4) is 5.75 Å². The molecule has 0 spiro atoms. The maximum absolute atomic E-state index is 13.1. The van der Waals surface area contributed by atoms with E-state index in [0.717, 1.165) is 18.2 Å². The quantitative estimate of drug-likeness (QED) is 0.855. The van der Waals surface area contributed by atoms with Gasteiger partial charge >= 0.3 is 5.97 Å². The Hall–Kier alpha value is -2.11. The fourth-order valence-electron chi connectivity index (χ4n) is 1.85. The first-order valence-corrected chi connectivity index (χ1v) is 5.88. The Labute approximate surface area is 110 Å². The highest BCUT2D eigenvalue weighted by atomic mass is 19.1. The molecule has 0 heterocycles. The van der Waals surface area contributed by atoms with Crippen LogP contribution >= 0.6 is 0 Å². The van der Waals surface area contributed by atoms with Gasteiger partial charge in [0, 0.05) is 12.6 Å². The van der Waals surface area contributed by atoms with Gasteiger partial charge in [-0.05, 0) is 32.0 Å². The van der Waals surface area contributed by atoms with E-state index in [2.05, 4.69) is 0 Å². The SMILES string of the molecule is CCN(C(=O)c1cc(F)ccc1O)C(C)CC(=O)O. The van der Waals surface area contributed by atoms with Gasteiger partial charge in [0.25, 0.3) is 5.91 Å². The van der Waals surface area contributed by atoms with Gasteiger partial charge in [-0.3, -0.25) is 9.59 Å². The van der Waals surface area contributed by atoms with E-state index < -0.39 is 23.7 Å². The van der Waals surface area contributed by atoms with Crippen molar-refractivity contribution < 1.29 is 24.2 Å². The van der Waals surface area contributed by atoms with Gasteiger partial charge in [-0.2, -0.15) is 0 Å². The minimum absolute atomic E-state index is 0.168. The third-order valence-corrected chi connectivity index (χ3v) is 2.79. The molecule has 0 radical (unpaired) electrons. The number of carbonyl (C=O) groups is 2. The summed E-state index contributed by atoms with van der Waals surface area (Å²) in [5.74, 6) is -2.58. The van der Waals surface area contributed by atoms with Gasteiger partial charge < -0.3 is 15.1 Å². The molecule has 1 atom stereocenters. The number of hydrogen-bond donors (Lipinski definition) is 2. The van der Waals surface area contributed by atoms with Crippen LogP contribution in [0.1, 0.15) is 30.6 Å². The van der Waals surface area contributed by atoms with Crippen molar-refractivity contribution in [3.05, 3.63) is 29.6 Å². The predicted octanol–water partition coefficient (Wildman–Crippen LogP) is 1.86. The molecular weight excluding hydrogens is 253 g/mol. The Morgan fingerprint density at radius 2 is 2.05 bits per heavy atom. The first-order valence-electron chi connectivity index (χ1n) is 5.88. The molecule has 104 valence electrons. The molecule has 0 aliphatic rings. The van der Waals surface area contributed by atoms with Gasteiger partial charge in [0.05, 0.1) is 12.0 Å². The third kappa shape index (κ3) is 3.67. The Bertz CT molecular complexity index is 490. The van der Waals surface area contributed by atoms with Gasteiger partial charge in [0.2, 0.25) is 0 Å². The average Bonchev–Trinajstić information content (AvgIpc) is 2.32. The summed E-state index contributed by atoms with van der Waals surface area (Å²) in [6.45, 7) is 3.54. The number of halogens is 1. The monoisotopic (exact) mass is 269 g/mol. The molecule has 0 aliphatic carbocycles. The molecule has 0 saturated heterocycles. The van der Waals surface area contributed by atoms with Gasteiger partial charge in [0.1, 0.15) is 11.6 Å². The molecule has 0 aliphatic heterocycles. The number of aromatic hydroxyl groups is 1. The molecule has 0 aromatic heterocycles. The summed E-state index contributed by atoms with van der Waals surface area (Å²) in [5, 5.41) is 18.3. The Morgan fingerprint density at radius 3 is 2.58 bits per heavy atom. The van der Waals surface area contributed by atoms with Crippen LogP contribution in [0.4, 0.5) is 4.39 Å². The number of aliphatic carboxylic acids is 1. The smallest absolute Gasteiger partial charge is 0.305 e. The van der Waals surface area contributed by atoms with Crippen molar-refractivity contribution >= 4 is 11.9 Å². The Balaban J connectivity index is 3.01. The molecule has 19 heavy (non-hydrogen) atoms. The highest BCUT2D eigenvalue weighted by Gasteiger charge is 2.24. The van der Waals surface area contributed by atoms with E-state index in [4.69, 9.17) is 5.11 Å². The number of amides is 1. The standard InChI is InChI=1S/C13H16FNO4/c1-3-15(8(2)6-12(17)18)13(19)10-7-9(14)4-5-11(10)16/h4-5,7-8,16H,3,6H2,1-2H3,(H,17,18).